The predicted octanol–water partition coefficient (Wildman–Crippen LogP) is 0.503. The third-order valence-electron chi connectivity index (χ3n) is 1.89. The summed E-state index contributed by atoms with van der Waals surface area (Å²) in [5.41, 5.74) is 0.831. The van der Waals surface area contributed by atoms with Gasteiger partial charge in [-0.2, -0.15) is 0 Å². The fraction of sp³-hybridized carbons (Fsp3) is 0.375. The van der Waals surface area contributed by atoms with Crippen molar-refractivity contribution in [3.8, 4) is 0 Å². The van der Waals surface area contributed by atoms with Crippen LogP contribution < -0.4 is 5.32 Å². The summed E-state index contributed by atoms with van der Waals surface area (Å²) in [4.78, 5) is 27.7. The average Bonchev–Trinajstić information content (AvgIpc) is 2.61. The second-order valence-electron chi connectivity index (χ2n) is 3.07. The van der Waals surface area contributed by atoms with Crippen LogP contribution in [0.5, 0.6) is 0 Å². The van der Waals surface area contributed by atoms with E-state index < -0.39 is 0 Å². The van der Waals surface area contributed by atoms with Crippen molar-refractivity contribution < 1.29 is 9.59 Å². The summed E-state index contributed by atoms with van der Waals surface area (Å²) in [6, 6.07) is -0.333. The van der Waals surface area contributed by atoms with Crippen molar-refractivity contribution in [2.45, 2.75) is 13.5 Å². The lowest BCUT2D eigenvalue weighted by Crippen LogP contribution is -2.27. The number of hydrogen-bond acceptors (Lipinski definition) is 4. The summed E-state index contributed by atoms with van der Waals surface area (Å²) in [7, 11) is 0. The Balaban J connectivity index is 2.05. The second kappa shape index (κ2) is 3.38. The summed E-state index contributed by atoms with van der Waals surface area (Å²) < 4.78 is 0. The van der Waals surface area contributed by atoms with Gasteiger partial charge in [0.15, 0.2) is 0 Å². The van der Waals surface area contributed by atoms with Crippen molar-refractivity contribution in [2.75, 3.05) is 6.54 Å². The van der Waals surface area contributed by atoms with E-state index in [1.54, 1.807) is 0 Å². The molecule has 0 bridgehead atoms. The number of imide groups is 1. The highest BCUT2D eigenvalue weighted by Crippen LogP contribution is 2.11. The largest absolute Gasteiger partial charge is 0.324 e. The molecule has 74 valence electrons. The zero-order valence-corrected chi connectivity index (χ0v) is 8.43. The smallest absolute Gasteiger partial charge is 0.309 e. The van der Waals surface area contributed by atoms with Gasteiger partial charge >= 0.3 is 6.03 Å². The molecule has 5 nitrogen and oxygen atoms in total. The Bertz CT molecular complexity index is 388. The Morgan fingerprint density at radius 2 is 2.43 bits per heavy atom. The Kier molecular flexibility index (Phi) is 2.20. The fourth-order valence-corrected chi connectivity index (χ4v) is 1.89. The first-order chi connectivity index (χ1) is 6.65. The van der Waals surface area contributed by atoms with Gasteiger partial charge < -0.3 is 4.90 Å². The Labute approximate surface area is 84.7 Å². The number of hydrogen-bond donors (Lipinski definition) is 1. The van der Waals surface area contributed by atoms with Crippen LogP contribution in [0.3, 0.4) is 0 Å². The van der Waals surface area contributed by atoms with E-state index in [2.05, 4.69) is 10.3 Å². The number of thiazole rings is 1. The highest BCUT2D eigenvalue weighted by atomic mass is 32.1. The third-order valence-corrected chi connectivity index (χ3v) is 2.71. The first-order valence-corrected chi connectivity index (χ1v) is 5.03. The molecule has 1 aliphatic rings. The van der Waals surface area contributed by atoms with Gasteiger partial charge in [0.2, 0.25) is 5.91 Å². The van der Waals surface area contributed by atoms with Crippen LogP contribution in [0.4, 0.5) is 4.79 Å². The maximum Gasteiger partial charge on any atom is 0.324 e. The van der Waals surface area contributed by atoms with E-state index in [9.17, 15) is 9.59 Å². The van der Waals surface area contributed by atoms with Crippen LogP contribution in [0, 0.1) is 6.92 Å². The number of aromatic nitrogens is 1. The van der Waals surface area contributed by atoms with Gasteiger partial charge in [-0.1, -0.05) is 0 Å². The Hall–Kier alpha value is -1.43. The third kappa shape index (κ3) is 1.74. The number of carbonyl (C=O) groups is 2. The number of urea groups is 1. The predicted molar refractivity (Wildman–Crippen MR) is 50.8 cm³/mol. The van der Waals surface area contributed by atoms with E-state index in [1.165, 1.54) is 16.2 Å². The summed E-state index contributed by atoms with van der Waals surface area (Å²) in [6.07, 6.45) is 0. The molecule has 6 heteroatoms. The molecule has 2 heterocycles. The van der Waals surface area contributed by atoms with Gasteiger partial charge in [0, 0.05) is 5.38 Å². The van der Waals surface area contributed by atoms with Gasteiger partial charge in [0.05, 0.1) is 17.2 Å². The van der Waals surface area contributed by atoms with Crippen LogP contribution in [0.2, 0.25) is 0 Å². The summed E-state index contributed by atoms with van der Waals surface area (Å²) in [6.45, 7) is 2.45. The average molecular weight is 211 g/mol. The number of aryl methyl sites for hydroxylation is 1. The topological polar surface area (TPSA) is 62.3 Å². The number of nitrogens with zero attached hydrogens (tertiary/aromatic N) is 2. The monoisotopic (exact) mass is 211 g/mol. The second-order valence-corrected chi connectivity index (χ2v) is 4.13. The maximum atomic E-state index is 11.2. The maximum absolute atomic E-state index is 11.2. The van der Waals surface area contributed by atoms with Crippen molar-refractivity contribution in [3.05, 3.63) is 16.1 Å². The molecule has 1 fully saturated rings. The minimum Gasteiger partial charge on any atom is -0.309 e. The van der Waals surface area contributed by atoms with Crippen LogP contribution >= 0.6 is 11.3 Å². The van der Waals surface area contributed by atoms with Gasteiger partial charge in [0.25, 0.3) is 0 Å². The highest BCUT2D eigenvalue weighted by Gasteiger charge is 2.26. The van der Waals surface area contributed by atoms with Crippen molar-refractivity contribution in [1.82, 2.24) is 15.2 Å². The molecule has 1 saturated heterocycles. The number of amides is 3. The minimum atomic E-state index is -0.333. The molecule has 1 aliphatic heterocycles. The molecule has 3 amide bonds. The van der Waals surface area contributed by atoms with E-state index in [4.69, 9.17) is 0 Å². The van der Waals surface area contributed by atoms with Crippen molar-refractivity contribution in [2.24, 2.45) is 0 Å². The van der Waals surface area contributed by atoms with Crippen LogP contribution in [0.15, 0.2) is 5.38 Å². The van der Waals surface area contributed by atoms with Gasteiger partial charge in [-0.25, -0.2) is 9.78 Å². The van der Waals surface area contributed by atoms with Gasteiger partial charge in [-0.15, -0.1) is 11.3 Å². The van der Waals surface area contributed by atoms with Crippen LogP contribution in [-0.4, -0.2) is 28.4 Å². The zero-order chi connectivity index (χ0) is 10.1. The molecule has 0 unspecified atom stereocenters. The Morgan fingerprint density at radius 3 is 2.93 bits per heavy atom. The molecule has 0 aromatic carbocycles. The number of carbonyl (C=O) groups excluding carboxylic acids is 2. The normalized spacial score (nSPS) is 16.2. The molecule has 2 rings (SSSR count). The summed E-state index contributed by atoms with van der Waals surface area (Å²) in [5, 5.41) is 5.08. The first kappa shape index (κ1) is 9.14. The molecule has 1 aromatic heterocycles. The standard InChI is InChI=1S/C8H9N3O2S/c1-5-9-6(4-14-5)2-11-3-7(12)10-8(11)13/h4H,2-3H2,1H3,(H,10,12,13). The molecule has 0 spiro atoms. The molecular weight excluding hydrogens is 202 g/mol. The van der Waals surface area contributed by atoms with Crippen molar-refractivity contribution >= 4 is 23.3 Å². The minimum absolute atomic E-state index is 0.134. The van der Waals surface area contributed by atoms with Gasteiger partial charge in [-0.3, -0.25) is 10.1 Å². The fourth-order valence-electron chi connectivity index (χ4n) is 1.29. The number of nitrogens with one attached hydrogen (secondary N) is 1. The Morgan fingerprint density at radius 1 is 1.64 bits per heavy atom. The lowest BCUT2D eigenvalue weighted by atomic mass is 10.4. The molecule has 14 heavy (non-hydrogen) atoms. The van der Waals surface area contributed by atoms with Crippen LogP contribution in [0.1, 0.15) is 10.7 Å². The van der Waals surface area contributed by atoms with Crippen molar-refractivity contribution in [3.63, 3.8) is 0 Å². The molecular formula is C8H9N3O2S. The summed E-state index contributed by atoms with van der Waals surface area (Å²) in [5.74, 6) is -0.248. The van der Waals surface area contributed by atoms with E-state index in [-0.39, 0.29) is 18.5 Å². The molecule has 0 saturated carbocycles. The quantitative estimate of drug-likeness (QED) is 0.725. The van der Waals surface area contributed by atoms with E-state index in [0.29, 0.717) is 6.54 Å². The molecule has 0 radical (unpaired) electrons. The lowest BCUT2D eigenvalue weighted by Gasteiger charge is -2.10. The number of rotatable bonds is 2. The van der Waals surface area contributed by atoms with Crippen LogP contribution in [-0.2, 0) is 11.3 Å². The molecule has 1 N–H and O–H groups in total. The van der Waals surface area contributed by atoms with Crippen LogP contribution in [0.25, 0.3) is 0 Å². The molecule has 0 atom stereocenters. The zero-order valence-electron chi connectivity index (χ0n) is 7.61. The highest BCUT2D eigenvalue weighted by molar-refractivity contribution is 7.09. The molecule has 1 aromatic rings. The van der Waals surface area contributed by atoms with E-state index in [1.807, 2.05) is 12.3 Å². The van der Waals surface area contributed by atoms with Crippen molar-refractivity contribution in [1.29, 1.82) is 0 Å². The van der Waals surface area contributed by atoms with E-state index >= 15 is 0 Å². The summed E-state index contributed by atoms with van der Waals surface area (Å²) >= 11 is 1.54. The SMILES string of the molecule is Cc1nc(CN2CC(=O)NC2=O)cs1. The van der Waals surface area contributed by atoms with E-state index in [0.717, 1.165) is 10.7 Å². The molecule has 0 aliphatic carbocycles. The lowest BCUT2D eigenvalue weighted by molar-refractivity contribution is -0.118. The van der Waals surface area contributed by atoms with Gasteiger partial charge in [0.1, 0.15) is 6.54 Å². The van der Waals surface area contributed by atoms with Gasteiger partial charge in [-0.05, 0) is 6.92 Å². The first-order valence-electron chi connectivity index (χ1n) is 4.15.